The molecule has 0 fully saturated rings. The molecule has 0 atom stereocenters. The first-order valence-corrected chi connectivity index (χ1v) is 7.15. The van der Waals surface area contributed by atoms with Gasteiger partial charge < -0.3 is 5.32 Å². The van der Waals surface area contributed by atoms with Crippen LogP contribution in [-0.4, -0.2) is 16.3 Å². The predicted octanol–water partition coefficient (Wildman–Crippen LogP) is 3.33. The molecule has 1 aromatic heterocycles. The highest BCUT2D eigenvalue weighted by atomic mass is 79.9. The minimum absolute atomic E-state index is 0.211. The second-order valence-electron chi connectivity index (χ2n) is 4.39. The van der Waals surface area contributed by atoms with Crippen molar-refractivity contribution in [3.63, 3.8) is 0 Å². The summed E-state index contributed by atoms with van der Waals surface area (Å²) >= 11 is 3.26. The van der Waals surface area contributed by atoms with E-state index in [1.54, 1.807) is 12.3 Å². The Labute approximate surface area is 121 Å². The van der Waals surface area contributed by atoms with Gasteiger partial charge in [-0.05, 0) is 31.2 Å². The van der Waals surface area contributed by atoms with Gasteiger partial charge in [-0.3, -0.25) is 4.68 Å². The number of hydrogen-bond donors (Lipinski definition) is 1. The fraction of sp³-hybridized carbons (Fsp3) is 0.357. The van der Waals surface area contributed by atoms with Gasteiger partial charge in [-0.2, -0.15) is 5.10 Å². The van der Waals surface area contributed by atoms with Crippen molar-refractivity contribution in [3.05, 3.63) is 52.0 Å². The molecule has 0 bridgehead atoms. The Balaban J connectivity index is 2.08. The van der Waals surface area contributed by atoms with Crippen LogP contribution in [0, 0.1) is 5.82 Å². The van der Waals surface area contributed by atoms with E-state index < -0.39 is 0 Å². The lowest BCUT2D eigenvalue weighted by Gasteiger charge is -2.09. The fourth-order valence-electron chi connectivity index (χ4n) is 1.86. The van der Waals surface area contributed by atoms with Gasteiger partial charge in [0.1, 0.15) is 5.82 Å². The van der Waals surface area contributed by atoms with Gasteiger partial charge in [0, 0.05) is 22.8 Å². The van der Waals surface area contributed by atoms with Crippen molar-refractivity contribution in [2.75, 3.05) is 6.54 Å². The van der Waals surface area contributed by atoms with Crippen LogP contribution in [0.4, 0.5) is 4.39 Å². The van der Waals surface area contributed by atoms with Crippen LogP contribution in [-0.2, 0) is 13.1 Å². The molecular weight excluding hydrogens is 309 g/mol. The van der Waals surface area contributed by atoms with Gasteiger partial charge in [0.25, 0.3) is 0 Å². The van der Waals surface area contributed by atoms with Crippen LogP contribution in [0.2, 0.25) is 0 Å². The predicted molar refractivity (Wildman–Crippen MR) is 77.4 cm³/mol. The van der Waals surface area contributed by atoms with Gasteiger partial charge in [-0.15, -0.1) is 0 Å². The third kappa shape index (κ3) is 3.88. The van der Waals surface area contributed by atoms with Gasteiger partial charge in [0.15, 0.2) is 0 Å². The van der Waals surface area contributed by atoms with E-state index in [-0.39, 0.29) is 5.82 Å². The Morgan fingerprint density at radius 3 is 2.95 bits per heavy atom. The van der Waals surface area contributed by atoms with Gasteiger partial charge >= 0.3 is 0 Å². The molecule has 1 N–H and O–H groups in total. The van der Waals surface area contributed by atoms with Gasteiger partial charge in [-0.1, -0.05) is 28.9 Å². The summed E-state index contributed by atoms with van der Waals surface area (Å²) in [6.45, 7) is 4.31. The molecule has 3 nitrogen and oxygen atoms in total. The molecule has 0 unspecified atom stereocenters. The van der Waals surface area contributed by atoms with E-state index in [2.05, 4.69) is 33.3 Å². The number of aromatic nitrogens is 2. The number of rotatable bonds is 6. The maximum atomic E-state index is 13.8. The number of hydrogen-bond acceptors (Lipinski definition) is 2. The Hall–Kier alpha value is -1.20. The van der Waals surface area contributed by atoms with Crippen LogP contribution in [0.25, 0.3) is 0 Å². The third-order valence-corrected chi connectivity index (χ3v) is 3.37. The molecule has 2 rings (SSSR count). The molecular formula is C14H17BrFN3. The molecule has 0 spiro atoms. The van der Waals surface area contributed by atoms with Crippen LogP contribution >= 0.6 is 15.9 Å². The van der Waals surface area contributed by atoms with E-state index in [4.69, 9.17) is 0 Å². The zero-order valence-corrected chi connectivity index (χ0v) is 12.5. The average Bonchev–Trinajstić information content (AvgIpc) is 2.81. The summed E-state index contributed by atoms with van der Waals surface area (Å²) in [6, 6.07) is 7.06. The average molecular weight is 326 g/mol. The maximum Gasteiger partial charge on any atom is 0.129 e. The Morgan fingerprint density at radius 1 is 1.37 bits per heavy atom. The van der Waals surface area contributed by atoms with Crippen molar-refractivity contribution in [1.29, 1.82) is 0 Å². The summed E-state index contributed by atoms with van der Waals surface area (Å²) in [5.74, 6) is -0.211. The van der Waals surface area contributed by atoms with Crippen molar-refractivity contribution in [1.82, 2.24) is 15.1 Å². The van der Waals surface area contributed by atoms with Crippen molar-refractivity contribution >= 4 is 15.9 Å². The molecule has 0 aliphatic rings. The summed E-state index contributed by atoms with van der Waals surface area (Å²) in [4.78, 5) is 0. The SMILES string of the molecule is CCCNCc1ccnn1Cc1ccc(Br)cc1F. The molecule has 0 amide bonds. The molecule has 19 heavy (non-hydrogen) atoms. The van der Waals surface area contributed by atoms with Crippen LogP contribution in [0.5, 0.6) is 0 Å². The third-order valence-electron chi connectivity index (χ3n) is 2.87. The lowest BCUT2D eigenvalue weighted by molar-refractivity contribution is 0.560. The summed E-state index contributed by atoms with van der Waals surface area (Å²) in [5.41, 5.74) is 1.71. The van der Waals surface area contributed by atoms with Crippen LogP contribution < -0.4 is 5.32 Å². The fourth-order valence-corrected chi connectivity index (χ4v) is 2.19. The van der Waals surface area contributed by atoms with E-state index >= 15 is 0 Å². The van der Waals surface area contributed by atoms with Crippen molar-refractivity contribution < 1.29 is 4.39 Å². The quantitative estimate of drug-likeness (QED) is 0.825. The van der Waals surface area contributed by atoms with Crippen molar-refractivity contribution in [3.8, 4) is 0 Å². The van der Waals surface area contributed by atoms with Crippen molar-refractivity contribution in [2.24, 2.45) is 0 Å². The van der Waals surface area contributed by atoms with Crippen LogP contribution in [0.3, 0.4) is 0 Å². The highest BCUT2D eigenvalue weighted by molar-refractivity contribution is 9.10. The Kier molecular flexibility index (Phi) is 5.10. The first-order valence-electron chi connectivity index (χ1n) is 6.36. The Bertz CT molecular complexity index is 539. The van der Waals surface area contributed by atoms with E-state index in [0.29, 0.717) is 12.1 Å². The summed E-state index contributed by atoms with van der Waals surface area (Å²) in [7, 11) is 0. The number of halogens is 2. The van der Waals surface area contributed by atoms with Gasteiger partial charge in [0.2, 0.25) is 0 Å². The standard InChI is InChI=1S/C14H17BrFN3/c1-2-6-17-9-13-5-7-18-19(13)10-11-3-4-12(15)8-14(11)16/h3-5,7-8,17H,2,6,9-10H2,1H3. The van der Waals surface area contributed by atoms with E-state index in [1.165, 1.54) is 6.07 Å². The summed E-state index contributed by atoms with van der Waals surface area (Å²) < 4.78 is 16.4. The normalized spacial score (nSPS) is 10.9. The zero-order valence-electron chi connectivity index (χ0n) is 10.9. The van der Waals surface area contributed by atoms with Crippen molar-refractivity contribution in [2.45, 2.75) is 26.4 Å². The smallest absolute Gasteiger partial charge is 0.129 e. The molecule has 1 heterocycles. The van der Waals surface area contributed by atoms with Gasteiger partial charge in [-0.25, -0.2) is 4.39 Å². The van der Waals surface area contributed by atoms with Crippen LogP contribution in [0.1, 0.15) is 24.6 Å². The van der Waals surface area contributed by atoms with E-state index in [0.717, 1.165) is 29.7 Å². The highest BCUT2D eigenvalue weighted by Gasteiger charge is 2.07. The largest absolute Gasteiger partial charge is 0.311 e. The molecule has 0 saturated heterocycles. The highest BCUT2D eigenvalue weighted by Crippen LogP contribution is 2.16. The maximum absolute atomic E-state index is 13.8. The number of nitrogens with one attached hydrogen (secondary N) is 1. The van der Waals surface area contributed by atoms with E-state index in [9.17, 15) is 4.39 Å². The first kappa shape index (κ1) is 14.2. The summed E-state index contributed by atoms with van der Waals surface area (Å²) in [6.07, 6.45) is 2.84. The van der Waals surface area contributed by atoms with Crippen LogP contribution in [0.15, 0.2) is 34.9 Å². The molecule has 2 aromatic rings. The molecule has 0 aliphatic heterocycles. The number of benzene rings is 1. The monoisotopic (exact) mass is 325 g/mol. The van der Waals surface area contributed by atoms with Gasteiger partial charge in [0.05, 0.1) is 12.2 Å². The minimum atomic E-state index is -0.211. The lowest BCUT2D eigenvalue weighted by Crippen LogP contribution is -2.18. The molecule has 0 radical (unpaired) electrons. The molecule has 0 saturated carbocycles. The second kappa shape index (κ2) is 6.82. The molecule has 102 valence electrons. The number of nitrogens with zero attached hydrogens (tertiary/aromatic N) is 2. The first-order chi connectivity index (χ1) is 9.20. The molecule has 0 aliphatic carbocycles. The molecule has 5 heteroatoms. The Morgan fingerprint density at radius 2 is 2.21 bits per heavy atom. The lowest BCUT2D eigenvalue weighted by atomic mass is 10.2. The molecule has 1 aromatic carbocycles. The van der Waals surface area contributed by atoms with E-state index in [1.807, 2.05) is 16.8 Å². The summed E-state index contributed by atoms with van der Waals surface area (Å²) in [5, 5.41) is 7.58. The zero-order chi connectivity index (χ0) is 13.7. The minimum Gasteiger partial charge on any atom is -0.311 e. The topological polar surface area (TPSA) is 29.9 Å². The second-order valence-corrected chi connectivity index (χ2v) is 5.31.